The van der Waals surface area contributed by atoms with Crippen molar-refractivity contribution in [3.05, 3.63) is 12.2 Å². The van der Waals surface area contributed by atoms with Gasteiger partial charge in [0.25, 0.3) is 0 Å². The zero-order chi connectivity index (χ0) is 6.85. The Morgan fingerprint density at radius 3 is 2.44 bits per heavy atom. The fraction of sp³-hybridized carbons (Fsp3) is 0.571. The summed E-state index contributed by atoms with van der Waals surface area (Å²) in [4.78, 5) is 10.6. The molecule has 50 valence electrons. The number of rotatable bonds is 2. The maximum absolute atomic E-state index is 10.6. The summed E-state index contributed by atoms with van der Waals surface area (Å²) in [6.45, 7) is 1.65. The summed E-state index contributed by atoms with van der Waals surface area (Å²) in [5, 5.41) is 8.60. The number of aliphatic hydroxyl groups is 1. The fourth-order valence-corrected chi connectivity index (χ4v) is 0.991. The molecule has 0 amide bonds. The van der Waals surface area contributed by atoms with Gasteiger partial charge >= 0.3 is 0 Å². The van der Waals surface area contributed by atoms with Gasteiger partial charge in [-0.2, -0.15) is 0 Å². The lowest BCUT2D eigenvalue weighted by Gasteiger charge is -2.24. The normalized spacial score (nSPS) is 31.8. The number of ketones is 1. The van der Waals surface area contributed by atoms with Crippen molar-refractivity contribution in [1.82, 2.24) is 0 Å². The van der Waals surface area contributed by atoms with Crippen LogP contribution in [0.3, 0.4) is 0 Å². The highest BCUT2D eigenvalue weighted by Crippen LogP contribution is 2.25. The van der Waals surface area contributed by atoms with Gasteiger partial charge in [-0.25, -0.2) is 0 Å². The highest BCUT2D eigenvalue weighted by atomic mass is 16.3. The lowest BCUT2D eigenvalue weighted by atomic mass is 9.80. The van der Waals surface area contributed by atoms with E-state index in [1.165, 1.54) is 0 Å². The van der Waals surface area contributed by atoms with Crippen LogP contribution in [0.2, 0.25) is 0 Å². The average Bonchev–Trinajstić information content (AvgIpc) is 1.61. The van der Waals surface area contributed by atoms with E-state index in [0.717, 1.165) is 0 Å². The molecule has 0 bridgehead atoms. The third-order valence-corrected chi connectivity index (χ3v) is 1.71. The van der Waals surface area contributed by atoms with Crippen molar-refractivity contribution >= 4 is 5.78 Å². The molecule has 2 nitrogen and oxygen atoms in total. The van der Waals surface area contributed by atoms with Crippen LogP contribution in [0.25, 0.3) is 0 Å². The van der Waals surface area contributed by atoms with Gasteiger partial charge in [0.1, 0.15) is 5.78 Å². The molecule has 1 rings (SSSR count). The molecule has 0 fully saturated rings. The van der Waals surface area contributed by atoms with E-state index in [0.29, 0.717) is 0 Å². The monoisotopic (exact) mass is 126 g/mol. The minimum absolute atomic E-state index is 0.00463. The standard InChI is InChI=1S/C7H10O2/c1-5(9)7-3-2-6(7)4-8/h2-3,6-8H,4H2,1H3/t6-,7+/m1/s1. The molecule has 0 aromatic rings. The number of allylic oxidation sites excluding steroid dienone is 1. The zero-order valence-electron chi connectivity index (χ0n) is 5.37. The summed E-state index contributed by atoms with van der Waals surface area (Å²) >= 11 is 0. The van der Waals surface area contributed by atoms with Crippen LogP contribution in [0.4, 0.5) is 0 Å². The predicted octanol–water partition coefficient (Wildman–Crippen LogP) is 0.370. The van der Waals surface area contributed by atoms with Crippen molar-refractivity contribution in [2.24, 2.45) is 11.8 Å². The van der Waals surface area contributed by atoms with E-state index in [9.17, 15) is 4.79 Å². The molecule has 0 saturated carbocycles. The third kappa shape index (κ3) is 1.03. The lowest BCUT2D eigenvalue weighted by Crippen LogP contribution is -2.27. The number of carbonyl (C=O) groups excluding carboxylic acids is 1. The molecule has 2 heteroatoms. The van der Waals surface area contributed by atoms with Gasteiger partial charge in [0.2, 0.25) is 0 Å². The molecule has 0 aromatic heterocycles. The van der Waals surface area contributed by atoms with Gasteiger partial charge in [-0.05, 0) is 6.92 Å². The number of aliphatic hydroxyl groups excluding tert-OH is 1. The van der Waals surface area contributed by atoms with Crippen LogP contribution < -0.4 is 0 Å². The second-order valence-corrected chi connectivity index (χ2v) is 2.37. The Bertz CT molecular complexity index is 149. The summed E-state index contributed by atoms with van der Waals surface area (Å²) < 4.78 is 0. The van der Waals surface area contributed by atoms with Crippen molar-refractivity contribution in [3.63, 3.8) is 0 Å². The maximum atomic E-state index is 10.6. The molecule has 0 heterocycles. The first-order valence-electron chi connectivity index (χ1n) is 3.05. The molecule has 0 saturated heterocycles. The zero-order valence-corrected chi connectivity index (χ0v) is 5.37. The van der Waals surface area contributed by atoms with E-state index < -0.39 is 0 Å². The average molecular weight is 126 g/mol. The van der Waals surface area contributed by atoms with Crippen LogP contribution in [0.15, 0.2) is 12.2 Å². The molecular formula is C7H10O2. The van der Waals surface area contributed by atoms with Crippen LogP contribution >= 0.6 is 0 Å². The third-order valence-electron chi connectivity index (χ3n) is 1.71. The van der Waals surface area contributed by atoms with Crippen LogP contribution in [0.1, 0.15) is 6.92 Å². The summed E-state index contributed by atoms with van der Waals surface area (Å²) in [7, 11) is 0. The van der Waals surface area contributed by atoms with Gasteiger partial charge in [0.15, 0.2) is 0 Å². The first-order chi connectivity index (χ1) is 4.25. The van der Waals surface area contributed by atoms with Gasteiger partial charge in [0, 0.05) is 11.8 Å². The van der Waals surface area contributed by atoms with E-state index in [4.69, 9.17) is 5.11 Å². The summed E-state index contributed by atoms with van der Waals surface area (Å²) in [5.74, 6) is 0.244. The molecule has 2 atom stereocenters. The molecule has 1 aliphatic carbocycles. The van der Waals surface area contributed by atoms with Crippen LogP contribution in [-0.2, 0) is 4.79 Å². The van der Waals surface area contributed by atoms with E-state index >= 15 is 0 Å². The smallest absolute Gasteiger partial charge is 0.137 e. The van der Waals surface area contributed by atoms with Crippen molar-refractivity contribution in [3.8, 4) is 0 Å². The molecule has 0 unspecified atom stereocenters. The molecule has 1 aliphatic rings. The van der Waals surface area contributed by atoms with E-state index in [2.05, 4.69) is 0 Å². The highest BCUT2D eigenvalue weighted by Gasteiger charge is 2.26. The summed E-state index contributed by atoms with van der Waals surface area (Å²) in [5.41, 5.74) is 0. The Morgan fingerprint density at radius 1 is 1.67 bits per heavy atom. The molecule has 9 heavy (non-hydrogen) atoms. The number of hydrogen-bond acceptors (Lipinski definition) is 2. The van der Waals surface area contributed by atoms with Gasteiger partial charge in [-0.15, -0.1) is 0 Å². The molecule has 1 N–H and O–H groups in total. The van der Waals surface area contributed by atoms with E-state index in [1.54, 1.807) is 6.92 Å². The van der Waals surface area contributed by atoms with Crippen LogP contribution in [0, 0.1) is 11.8 Å². The van der Waals surface area contributed by atoms with Gasteiger partial charge < -0.3 is 5.11 Å². The van der Waals surface area contributed by atoms with Crippen LogP contribution in [-0.4, -0.2) is 17.5 Å². The minimum atomic E-state index is -0.00463. The van der Waals surface area contributed by atoms with E-state index in [1.807, 2.05) is 12.2 Å². The Labute approximate surface area is 54.2 Å². The minimum Gasteiger partial charge on any atom is -0.396 e. The second kappa shape index (κ2) is 2.31. The van der Waals surface area contributed by atoms with Crippen molar-refractivity contribution < 1.29 is 9.90 Å². The molecular weight excluding hydrogens is 116 g/mol. The Morgan fingerprint density at radius 2 is 2.33 bits per heavy atom. The summed E-state index contributed by atoms with van der Waals surface area (Å²) in [6, 6.07) is 0. The predicted molar refractivity (Wildman–Crippen MR) is 33.9 cm³/mol. The van der Waals surface area contributed by atoms with E-state index in [-0.39, 0.29) is 24.2 Å². The Kier molecular flexibility index (Phi) is 1.67. The quantitative estimate of drug-likeness (QED) is 0.543. The van der Waals surface area contributed by atoms with Crippen LogP contribution in [0.5, 0.6) is 0 Å². The molecule has 0 aromatic carbocycles. The summed E-state index contributed by atoms with van der Waals surface area (Å²) in [6.07, 6.45) is 3.70. The van der Waals surface area contributed by atoms with Gasteiger partial charge in [0.05, 0.1) is 6.61 Å². The number of hydrogen-bond donors (Lipinski definition) is 1. The maximum Gasteiger partial charge on any atom is 0.137 e. The molecule has 0 aliphatic heterocycles. The first kappa shape index (κ1) is 6.49. The number of Topliss-reactive ketones (excluding diaryl/α,β-unsaturated/α-hetero) is 1. The highest BCUT2D eigenvalue weighted by molar-refractivity contribution is 5.82. The number of carbonyl (C=O) groups is 1. The molecule has 0 spiro atoms. The van der Waals surface area contributed by atoms with Gasteiger partial charge in [-0.1, -0.05) is 12.2 Å². The SMILES string of the molecule is CC(=O)[C@@H]1C=C[C@@H]1CO. The second-order valence-electron chi connectivity index (χ2n) is 2.37. The Balaban J connectivity index is 2.48. The molecule has 0 radical (unpaired) electrons. The van der Waals surface area contributed by atoms with Crippen molar-refractivity contribution in [2.45, 2.75) is 6.92 Å². The fourth-order valence-electron chi connectivity index (χ4n) is 0.991. The van der Waals surface area contributed by atoms with Crippen molar-refractivity contribution in [2.75, 3.05) is 6.61 Å². The van der Waals surface area contributed by atoms with Gasteiger partial charge in [-0.3, -0.25) is 4.79 Å². The Hall–Kier alpha value is -0.630. The lowest BCUT2D eigenvalue weighted by molar-refractivity contribution is -0.121. The first-order valence-corrected chi connectivity index (χ1v) is 3.05. The van der Waals surface area contributed by atoms with Crippen molar-refractivity contribution in [1.29, 1.82) is 0 Å². The largest absolute Gasteiger partial charge is 0.396 e. The topological polar surface area (TPSA) is 37.3 Å².